The number of hydrogen-bond acceptors (Lipinski definition) is 6. The minimum absolute atomic E-state index is 0.0801. The van der Waals surface area contributed by atoms with Gasteiger partial charge < -0.3 is 9.47 Å². The molecule has 1 aliphatic heterocycles. The Morgan fingerprint density at radius 2 is 2.14 bits per heavy atom. The highest BCUT2D eigenvalue weighted by Gasteiger charge is 2.23. The predicted molar refractivity (Wildman–Crippen MR) is 78.6 cm³/mol. The highest BCUT2D eigenvalue weighted by Crippen LogP contribution is 2.19. The maximum absolute atomic E-state index is 11.8. The number of H-pyrrole nitrogens is 1. The summed E-state index contributed by atoms with van der Waals surface area (Å²) in [5, 5.41) is 0. The molecule has 0 amide bonds. The molecule has 22 heavy (non-hydrogen) atoms. The Morgan fingerprint density at radius 1 is 1.41 bits per heavy atom. The zero-order valence-corrected chi connectivity index (χ0v) is 12.7. The largest absolute Gasteiger partial charge is 0.462 e. The van der Waals surface area contributed by atoms with Gasteiger partial charge in [-0.15, -0.1) is 0 Å². The van der Waals surface area contributed by atoms with Gasteiger partial charge in [0.2, 0.25) is 0 Å². The molecule has 2 atom stereocenters. The van der Waals surface area contributed by atoms with E-state index < -0.39 is 23.6 Å². The van der Waals surface area contributed by atoms with Crippen LogP contribution in [0.4, 0.5) is 0 Å². The third-order valence-corrected chi connectivity index (χ3v) is 3.08. The summed E-state index contributed by atoms with van der Waals surface area (Å²) >= 11 is 0. The van der Waals surface area contributed by atoms with Crippen molar-refractivity contribution in [2.75, 3.05) is 27.2 Å². The van der Waals surface area contributed by atoms with Gasteiger partial charge in [-0.2, -0.15) is 0 Å². The number of hydrogen-bond donors (Lipinski definition) is 1. The van der Waals surface area contributed by atoms with Gasteiger partial charge in [-0.3, -0.25) is 24.0 Å². The van der Waals surface area contributed by atoms with Crippen molar-refractivity contribution in [1.82, 2.24) is 14.5 Å². The lowest BCUT2D eigenvalue weighted by atomic mass is 10.3. The second-order valence-electron chi connectivity index (χ2n) is 5.35. The third-order valence-electron chi connectivity index (χ3n) is 3.08. The van der Waals surface area contributed by atoms with E-state index in [1.54, 1.807) is 38.1 Å². The number of carbonyl (C=O) groups excluding carboxylic acids is 1. The maximum Gasteiger partial charge on any atom is 0.330 e. The molecule has 0 saturated carbocycles. The molecule has 0 fully saturated rings. The smallest absolute Gasteiger partial charge is 0.330 e. The van der Waals surface area contributed by atoms with Gasteiger partial charge in [-0.05, 0) is 27.1 Å². The van der Waals surface area contributed by atoms with Crippen molar-refractivity contribution < 1.29 is 14.3 Å². The van der Waals surface area contributed by atoms with E-state index >= 15 is 0 Å². The van der Waals surface area contributed by atoms with Crippen LogP contribution >= 0.6 is 0 Å². The van der Waals surface area contributed by atoms with Gasteiger partial charge in [0, 0.05) is 11.8 Å². The number of carbonyl (C=O) groups is 1. The van der Waals surface area contributed by atoms with E-state index in [-0.39, 0.29) is 19.1 Å². The van der Waals surface area contributed by atoms with Gasteiger partial charge in [-0.25, -0.2) is 4.79 Å². The molecule has 0 saturated heterocycles. The van der Waals surface area contributed by atoms with E-state index in [0.717, 1.165) is 0 Å². The van der Waals surface area contributed by atoms with Gasteiger partial charge in [0.15, 0.2) is 6.23 Å². The van der Waals surface area contributed by atoms with Crippen LogP contribution in [-0.2, 0) is 14.3 Å². The Morgan fingerprint density at radius 3 is 2.82 bits per heavy atom. The normalized spacial score (nSPS) is 20.5. The van der Waals surface area contributed by atoms with Crippen molar-refractivity contribution in [3.05, 3.63) is 44.8 Å². The molecule has 0 unspecified atom stereocenters. The molecule has 2 heterocycles. The van der Waals surface area contributed by atoms with Crippen LogP contribution in [0.25, 0.3) is 0 Å². The van der Waals surface area contributed by atoms with Crippen molar-refractivity contribution >= 4 is 5.97 Å². The van der Waals surface area contributed by atoms with Crippen molar-refractivity contribution in [3.8, 4) is 0 Å². The first kappa shape index (κ1) is 16.2. The number of ether oxygens (including phenoxy) is 2. The minimum Gasteiger partial charge on any atom is -0.462 e. The molecule has 1 N–H and O–H groups in total. The molecule has 8 heteroatoms. The quantitative estimate of drug-likeness (QED) is 0.577. The Balaban J connectivity index is 1.95. The van der Waals surface area contributed by atoms with Crippen LogP contribution in [0, 0.1) is 6.92 Å². The minimum atomic E-state index is -0.624. The Labute approximate surface area is 127 Å². The molecule has 0 aliphatic carbocycles. The van der Waals surface area contributed by atoms with Crippen LogP contribution in [0.2, 0.25) is 0 Å². The molecule has 0 radical (unpaired) electrons. The number of likely N-dealkylation sites (N-methyl/N-ethyl adjacent to an activating group) is 1. The number of rotatable bonds is 5. The summed E-state index contributed by atoms with van der Waals surface area (Å²) in [5.74, 6) is -0.345. The molecule has 0 spiro atoms. The first-order valence-electron chi connectivity index (χ1n) is 6.83. The molecule has 2 rings (SSSR count). The van der Waals surface area contributed by atoms with Crippen molar-refractivity contribution in [1.29, 1.82) is 0 Å². The first-order valence-corrected chi connectivity index (χ1v) is 6.83. The van der Waals surface area contributed by atoms with Crippen LogP contribution in [0.15, 0.2) is 27.9 Å². The molecule has 1 aliphatic rings. The molecule has 0 bridgehead atoms. The predicted octanol–water partition coefficient (Wildman–Crippen LogP) is -0.597. The molecule has 0 aromatic carbocycles. The van der Waals surface area contributed by atoms with Crippen LogP contribution in [-0.4, -0.2) is 53.8 Å². The van der Waals surface area contributed by atoms with E-state index in [2.05, 4.69) is 4.98 Å². The fourth-order valence-electron chi connectivity index (χ4n) is 2.00. The summed E-state index contributed by atoms with van der Waals surface area (Å²) in [6, 6.07) is 0. The monoisotopic (exact) mass is 309 g/mol. The number of esters is 1. The second-order valence-corrected chi connectivity index (χ2v) is 5.35. The molecule has 1 aromatic rings. The summed E-state index contributed by atoms with van der Waals surface area (Å²) in [6.07, 6.45) is 3.80. The number of nitrogens with one attached hydrogen (secondary N) is 1. The lowest BCUT2D eigenvalue weighted by Crippen LogP contribution is -2.34. The lowest BCUT2D eigenvalue weighted by molar-refractivity contribution is -0.148. The van der Waals surface area contributed by atoms with Crippen molar-refractivity contribution in [2.24, 2.45) is 0 Å². The number of nitrogens with zero attached hydrogens (tertiary/aromatic N) is 2. The number of aromatic amines is 1. The average Bonchev–Trinajstić information content (AvgIpc) is 2.88. The number of aryl methyl sites for hydroxylation is 1. The zero-order chi connectivity index (χ0) is 16.3. The van der Waals surface area contributed by atoms with Crippen LogP contribution in [0.3, 0.4) is 0 Å². The summed E-state index contributed by atoms with van der Waals surface area (Å²) in [4.78, 5) is 38.5. The summed E-state index contributed by atoms with van der Waals surface area (Å²) < 4.78 is 12.0. The van der Waals surface area contributed by atoms with Crippen LogP contribution < -0.4 is 11.2 Å². The van der Waals surface area contributed by atoms with Gasteiger partial charge in [0.05, 0.1) is 6.54 Å². The highest BCUT2D eigenvalue weighted by atomic mass is 16.6. The molecule has 120 valence electrons. The van der Waals surface area contributed by atoms with Gasteiger partial charge >= 0.3 is 11.7 Å². The Bertz CT molecular complexity index is 688. The summed E-state index contributed by atoms with van der Waals surface area (Å²) in [7, 11) is 3.54. The average molecular weight is 309 g/mol. The van der Waals surface area contributed by atoms with E-state index in [1.807, 2.05) is 0 Å². The van der Waals surface area contributed by atoms with Gasteiger partial charge in [0.1, 0.15) is 12.7 Å². The van der Waals surface area contributed by atoms with Crippen LogP contribution in [0.5, 0.6) is 0 Å². The highest BCUT2D eigenvalue weighted by molar-refractivity contribution is 5.71. The van der Waals surface area contributed by atoms with Crippen molar-refractivity contribution in [3.63, 3.8) is 0 Å². The first-order chi connectivity index (χ1) is 10.4. The zero-order valence-electron chi connectivity index (χ0n) is 12.7. The summed E-state index contributed by atoms with van der Waals surface area (Å²) in [6.45, 7) is 1.88. The van der Waals surface area contributed by atoms with Gasteiger partial charge in [0.25, 0.3) is 5.56 Å². The third kappa shape index (κ3) is 3.92. The van der Waals surface area contributed by atoms with E-state index in [9.17, 15) is 14.4 Å². The number of aromatic nitrogens is 2. The summed E-state index contributed by atoms with van der Waals surface area (Å²) in [5.41, 5.74) is -0.551. The Kier molecular flexibility index (Phi) is 4.94. The standard InChI is InChI=1S/C14H19N3O5/c1-9-6-17(14(20)15-13(9)19)11-5-4-10(22-11)8-21-12(18)7-16(2)3/h4-6,10-11H,7-8H2,1-3H3,(H,15,19,20)/t10-,11+/m0/s1. The fourth-order valence-corrected chi connectivity index (χ4v) is 2.00. The SMILES string of the molecule is Cc1cn([C@H]2C=C[C@@H](COC(=O)CN(C)C)O2)c(=O)[nH]c1=O. The molecular weight excluding hydrogens is 290 g/mol. The fraction of sp³-hybridized carbons (Fsp3) is 0.500. The topological polar surface area (TPSA) is 93.6 Å². The molecule has 1 aromatic heterocycles. The second kappa shape index (κ2) is 6.71. The molecule has 8 nitrogen and oxygen atoms in total. The van der Waals surface area contributed by atoms with Crippen LogP contribution in [0.1, 0.15) is 11.8 Å². The Hall–Kier alpha value is -2.19. The molecular formula is C14H19N3O5. The maximum atomic E-state index is 11.8. The van der Waals surface area contributed by atoms with E-state index in [1.165, 1.54) is 10.8 Å². The van der Waals surface area contributed by atoms with Crippen molar-refractivity contribution in [2.45, 2.75) is 19.3 Å². The van der Waals surface area contributed by atoms with Gasteiger partial charge in [-0.1, -0.05) is 6.08 Å². The van der Waals surface area contributed by atoms with E-state index in [0.29, 0.717) is 5.56 Å². The van der Waals surface area contributed by atoms with E-state index in [4.69, 9.17) is 9.47 Å². The lowest BCUT2D eigenvalue weighted by Gasteiger charge is -2.17.